The Morgan fingerprint density at radius 2 is 1.79 bits per heavy atom. The smallest absolute Gasteiger partial charge is 0.417 e. The first-order chi connectivity index (χ1) is 13.9. The number of rotatable bonds is 7. The average Bonchev–Trinajstić information content (AvgIpc) is 2.72. The van der Waals surface area contributed by atoms with Crippen molar-refractivity contribution < 1.29 is 22.7 Å². The molecule has 0 amide bonds. The van der Waals surface area contributed by atoms with Crippen LogP contribution in [-0.2, 0) is 17.3 Å². The molecule has 1 fully saturated rings. The number of carbonyl (C=O) groups is 1. The summed E-state index contributed by atoms with van der Waals surface area (Å²) in [7, 11) is 0. The van der Waals surface area contributed by atoms with Gasteiger partial charge in [-0.25, -0.2) is 4.79 Å². The topological polar surface area (TPSA) is 29.5 Å². The largest absolute Gasteiger partial charge is 0.462 e. The number of hydrogen-bond donors (Lipinski definition) is 0. The van der Waals surface area contributed by atoms with Gasteiger partial charge in [-0.05, 0) is 56.5 Å². The van der Waals surface area contributed by atoms with E-state index in [9.17, 15) is 18.0 Å². The zero-order valence-electron chi connectivity index (χ0n) is 16.3. The summed E-state index contributed by atoms with van der Waals surface area (Å²) in [6, 6.07) is 15.1. The maximum Gasteiger partial charge on any atom is 0.417 e. The third kappa shape index (κ3) is 6.32. The number of esters is 1. The van der Waals surface area contributed by atoms with Gasteiger partial charge in [0.1, 0.15) is 0 Å². The van der Waals surface area contributed by atoms with Crippen molar-refractivity contribution in [2.75, 3.05) is 26.2 Å². The van der Waals surface area contributed by atoms with Gasteiger partial charge in [0.2, 0.25) is 0 Å². The average molecular weight is 405 g/mol. The van der Waals surface area contributed by atoms with Gasteiger partial charge < -0.3 is 9.64 Å². The summed E-state index contributed by atoms with van der Waals surface area (Å²) in [5.74, 6) is -0.749. The lowest BCUT2D eigenvalue weighted by molar-refractivity contribution is -0.138. The Labute approximate surface area is 169 Å². The summed E-state index contributed by atoms with van der Waals surface area (Å²) in [6.07, 6.45) is -0.577. The predicted molar refractivity (Wildman–Crippen MR) is 106 cm³/mol. The highest BCUT2D eigenvalue weighted by Gasteiger charge is 2.35. The fourth-order valence-electron chi connectivity index (χ4n) is 3.82. The molecule has 1 saturated heterocycles. The number of aryl methyl sites for hydroxylation is 1. The van der Waals surface area contributed by atoms with Crippen LogP contribution < -0.4 is 0 Å². The zero-order valence-corrected chi connectivity index (χ0v) is 16.3. The molecular formula is C23H26F3NO2. The van der Waals surface area contributed by atoms with E-state index in [0.717, 1.165) is 51.4 Å². The molecule has 156 valence electrons. The molecule has 0 aliphatic carbocycles. The normalized spacial score (nSPS) is 17.8. The lowest BCUT2D eigenvalue weighted by Gasteiger charge is -2.32. The number of halogens is 3. The molecular weight excluding hydrogens is 379 g/mol. The van der Waals surface area contributed by atoms with Crippen molar-refractivity contribution in [1.82, 2.24) is 4.90 Å². The number of alkyl halides is 3. The fourth-order valence-corrected chi connectivity index (χ4v) is 3.82. The molecule has 2 aromatic rings. The summed E-state index contributed by atoms with van der Waals surface area (Å²) in [6.45, 7) is 2.94. The summed E-state index contributed by atoms with van der Waals surface area (Å²) >= 11 is 0. The van der Waals surface area contributed by atoms with Crippen LogP contribution >= 0.6 is 0 Å². The first kappa shape index (κ1) is 21.4. The van der Waals surface area contributed by atoms with Gasteiger partial charge in [-0.15, -0.1) is 0 Å². The molecule has 0 radical (unpaired) electrons. The van der Waals surface area contributed by atoms with Gasteiger partial charge in [-0.2, -0.15) is 13.2 Å². The Balaban J connectivity index is 1.47. The molecule has 1 aliphatic heterocycles. The van der Waals surface area contributed by atoms with E-state index in [0.29, 0.717) is 0 Å². The molecule has 0 bridgehead atoms. The number of nitrogens with zero attached hydrogens (tertiary/aromatic N) is 1. The van der Waals surface area contributed by atoms with Gasteiger partial charge in [0, 0.05) is 12.5 Å². The molecule has 0 saturated carbocycles. The van der Waals surface area contributed by atoms with Crippen LogP contribution in [0.4, 0.5) is 13.2 Å². The third-order valence-electron chi connectivity index (χ3n) is 5.29. The van der Waals surface area contributed by atoms with Crippen molar-refractivity contribution in [3.05, 3.63) is 71.3 Å². The van der Waals surface area contributed by atoms with E-state index < -0.39 is 23.3 Å². The summed E-state index contributed by atoms with van der Waals surface area (Å²) in [5.41, 5.74) is -0.0509. The van der Waals surface area contributed by atoms with Gasteiger partial charge in [0.05, 0.1) is 17.7 Å². The Bertz CT molecular complexity index is 792. The molecule has 1 aliphatic rings. The van der Waals surface area contributed by atoms with Crippen LogP contribution in [0.2, 0.25) is 0 Å². The lowest BCUT2D eigenvalue weighted by atomic mass is 9.98. The Morgan fingerprint density at radius 3 is 2.55 bits per heavy atom. The highest BCUT2D eigenvalue weighted by atomic mass is 19.4. The van der Waals surface area contributed by atoms with Crippen molar-refractivity contribution in [3.8, 4) is 0 Å². The van der Waals surface area contributed by atoms with E-state index in [1.807, 2.05) is 18.2 Å². The van der Waals surface area contributed by atoms with Gasteiger partial charge in [-0.1, -0.05) is 42.5 Å². The minimum atomic E-state index is -4.57. The summed E-state index contributed by atoms with van der Waals surface area (Å²) in [4.78, 5) is 14.6. The van der Waals surface area contributed by atoms with Crippen LogP contribution in [-0.4, -0.2) is 37.1 Å². The molecule has 1 unspecified atom stereocenters. The van der Waals surface area contributed by atoms with Gasteiger partial charge in [0.25, 0.3) is 0 Å². The van der Waals surface area contributed by atoms with Crippen molar-refractivity contribution >= 4 is 5.97 Å². The molecule has 3 nitrogen and oxygen atoms in total. The summed E-state index contributed by atoms with van der Waals surface area (Å²) in [5, 5.41) is 0. The Morgan fingerprint density at radius 1 is 1.07 bits per heavy atom. The van der Waals surface area contributed by atoms with Crippen LogP contribution in [0.15, 0.2) is 54.6 Å². The maximum atomic E-state index is 13.1. The fraction of sp³-hybridized carbons (Fsp3) is 0.435. The van der Waals surface area contributed by atoms with Crippen molar-refractivity contribution in [2.24, 2.45) is 5.92 Å². The number of benzene rings is 2. The molecule has 0 aromatic heterocycles. The molecule has 0 spiro atoms. The van der Waals surface area contributed by atoms with Gasteiger partial charge >= 0.3 is 12.1 Å². The minimum absolute atomic E-state index is 0.153. The van der Waals surface area contributed by atoms with Crippen LogP contribution in [0.3, 0.4) is 0 Å². The molecule has 1 atom stereocenters. The number of ether oxygens (including phenoxy) is 1. The van der Waals surface area contributed by atoms with E-state index in [1.165, 1.54) is 23.8 Å². The molecule has 0 N–H and O–H groups in total. The van der Waals surface area contributed by atoms with E-state index >= 15 is 0 Å². The van der Waals surface area contributed by atoms with Crippen molar-refractivity contribution in [1.29, 1.82) is 0 Å². The van der Waals surface area contributed by atoms with E-state index in [-0.39, 0.29) is 12.5 Å². The molecule has 2 aromatic carbocycles. The number of carbonyl (C=O) groups excluding carboxylic acids is 1. The Kier molecular flexibility index (Phi) is 7.31. The van der Waals surface area contributed by atoms with Crippen LogP contribution in [0.25, 0.3) is 0 Å². The quantitative estimate of drug-likeness (QED) is 0.593. The van der Waals surface area contributed by atoms with E-state index in [4.69, 9.17) is 4.74 Å². The predicted octanol–water partition coefficient (Wildman–Crippen LogP) is 5.21. The second-order valence-corrected chi connectivity index (χ2v) is 7.54. The molecule has 29 heavy (non-hydrogen) atoms. The minimum Gasteiger partial charge on any atom is -0.462 e. The van der Waals surface area contributed by atoms with Crippen LogP contribution in [0.5, 0.6) is 0 Å². The van der Waals surface area contributed by atoms with Crippen molar-refractivity contribution in [3.63, 3.8) is 0 Å². The van der Waals surface area contributed by atoms with Gasteiger partial charge in [-0.3, -0.25) is 0 Å². The van der Waals surface area contributed by atoms with Gasteiger partial charge in [0.15, 0.2) is 0 Å². The maximum absolute atomic E-state index is 13.1. The molecule has 1 heterocycles. The van der Waals surface area contributed by atoms with E-state index in [2.05, 4.69) is 17.0 Å². The third-order valence-corrected chi connectivity index (χ3v) is 5.29. The SMILES string of the molecule is O=C(OCC1CCCN(CCCc2ccccc2)C1)c1ccccc1C(F)(F)F. The molecule has 6 heteroatoms. The van der Waals surface area contributed by atoms with Crippen LogP contribution in [0, 0.1) is 5.92 Å². The highest BCUT2D eigenvalue weighted by Crippen LogP contribution is 2.32. The second-order valence-electron chi connectivity index (χ2n) is 7.54. The monoisotopic (exact) mass is 405 g/mol. The van der Waals surface area contributed by atoms with Crippen molar-refractivity contribution in [2.45, 2.75) is 31.9 Å². The molecule has 3 rings (SSSR count). The zero-order chi connectivity index (χ0) is 20.7. The van der Waals surface area contributed by atoms with Crippen LogP contribution in [0.1, 0.15) is 40.7 Å². The lowest BCUT2D eigenvalue weighted by Crippen LogP contribution is -2.38. The Hall–Kier alpha value is -2.34. The number of piperidine rings is 1. The first-order valence-corrected chi connectivity index (χ1v) is 10.0. The number of likely N-dealkylation sites (tertiary alicyclic amines) is 1. The number of hydrogen-bond acceptors (Lipinski definition) is 3. The first-order valence-electron chi connectivity index (χ1n) is 10.0. The highest BCUT2D eigenvalue weighted by molar-refractivity contribution is 5.91. The second kappa shape index (κ2) is 9.92. The summed E-state index contributed by atoms with van der Waals surface area (Å²) < 4.78 is 44.5. The standard InChI is InChI=1S/C23H26F3NO2/c24-23(25,26)21-13-5-4-12-20(21)22(28)29-17-19-11-7-15-27(16-19)14-6-10-18-8-2-1-3-9-18/h1-5,8-9,12-13,19H,6-7,10-11,14-17H2. The van der Waals surface area contributed by atoms with E-state index in [1.54, 1.807) is 0 Å².